The van der Waals surface area contributed by atoms with Crippen molar-refractivity contribution < 1.29 is 4.42 Å². The summed E-state index contributed by atoms with van der Waals surface area (Å²) < 4.78 is 5.61. The number of piperidine rings is 1. The fraction of sp³-hybridized carbons (Fsp3) is 0.800. The topological polar surface area (TPSA) is 54.2 Å². The lowest BCUT2D eigenvalue weighted by Gasteiger charge is -2.19. The van der Waals surface area contributed by atoms with Gasteiger partial charge < -0.3 is 14.6 Å². The highest BCUT2D eigenvalue weighted by Crippen LogP contribution is 2.21. The van der Waals surface area contributed by atoms with E-state index in [1.807, 2.05) is 19.0 Å². The highest BCUT2D eigenvalue weighted by molar-refractivity contribution is 4.91. The van der Waals surface area contributed by atoms with Gasteiger partial charge in [-0.1, -0.05) is 6.42 Å². The van der Waals surface area contributed by atoms with Crippen LogP contribution in [0.2, 0.25) is 0 Å². The van der Waals surface area contributed by atoms with Crippen molar-refractivity contribution in [3.63, 3.8) is 0 Å². The van der Waals surface area contributed by atoms with Crippen LogP contribution in [-0.4, -0.2) is 35.7 Å². The molecule has 0 saturated carbocycles. The molecule has 2 rings (SSSR count). The Morgan fingerprint density at radius 2 is 2.27 bits per heavy atom. The molecule has 0 amide bonds. The lowest BCUT2D eigenvalue weighted by molar-refractivity contribution is 0.299. The third-order valence-electron chi connectivity index (χ3n) is 2.54. The molecule has 1 atom stereocenters. The summed E-state index contributed by atoms with van der Waals surface area (Å²) in [6, 6.07) is 0.266. The average molecular weight is 210 g/mol. The normalized spacial score (nSPS) is 22.2. The molecule has 15 heavy (non-hydrogen) atoms. The molecule has 0 spiro atoms. The Labute approximate surface area is 89.9 Å². The third kappa shape index (κ3) is 2.76. The quantitative estimate of drug-likeness (QED) is 0.805. The Kier molecular flexibility index (Phi) is 3.33. The smallest absolute Gasteiger partial charge is 0.233 e. The van der Waals surface area contributed by atoms with E-state index in [2.05, 4.69) is 15.5 Å². The van der Waals surface area contributed by atoms with Crippen molar-refractivity contribution in [2.24, 2.45) is 0 Å². The van der Waals surface area contributed by atoms with Gasteiger partial charge in [-0.15, -0.1) is 10.2 Å². The van der Waals surface area contributed by atoms with Crippen molar-refractivity contribution in [3.05, 3.63) is 11.8 Å². The zero-order valence-electron chi connectivity index (χ0n) is 9.36. The molecule has 0 radical (unpaired) electrons. The van der Waals surface area contributed by atoms with Crippen molar-refractivity contribution in [3.8, 4) is 0 Å². The summed E-state index contributed by atoms with van der Waals surface area (Å²) in [7, 11) is 3.98. The summed E-state index contributed by atoms with van der Waals surface area (Å²) >= 11 is 0. The van der Waals surface area contributed by atoms with Gasteiger partial charge in [0.1, 0.15) is 0 Å². The monoisotopic (exact) mass is 210 g/mol. The Hall–Kier alpha value is -0.940. The van der Waals surface area contributed by atoms with Gasteiger partial charge >= 0.3 is 0 Å². The van der Waals surface area contributed by atoms with Crippen LogP contribution in [0.4, 0.5) is 0 Å². The summed E-state index contributed by atoms with van der Waals surface area (Å²) in [6.45, 7) is 1.76. The van der Waals surface area contributed by atoms with Crippen LogP contribution in [0, 0.1) is 0 Å². The van der Waals surface area contributed by atoms with Gasteiger partial charge in [0.25, 0.3) is 0 Å². The number of nitrogens with zero attached hydrogens (tertiary/aromatic N) is 3. The fourth-order valence-corrected chi connectivity index (χ4v) is 1.80. The van der Waals surface area contributed by atoms with E-state index in [-0.39, 0.29) is 6.04 Å². The Bertz CT molecular complexity index is 304. The Morgan fingerprint density at radius 1 is 1.40 bits per heavy atom. The highest BCUT2D eigenvalue weighted by Gasteiger charge is 2.20. The van der Waals surface area contributed by atoms with E-state index >= 15 is 0 Å². The Morgan fingerprint density at radius 3 is 2.93 bits per heavy atom. The van der Waals surface area contributed by atoms with Crippen LogP contribution in [0.3, 0.4) is 0 Å². The van der Waals surface area contributed by atoms with Crippen molar-refractivity contribution in [2.75, 3.05) is 20.6 Å². The molecule has 1 aliphatic rings. The number of aromatic nitrogens is 2. The minimum Gasteiger partial charge on any atom is -0.422 e. The van der Waals surface area contributed by atoms with Crippen molar-refractivity contribution >= 4 is 0 Å². The maximum absolute atomic E-state index is 5.61. The molecule has 0 unspecified atom stereocenters. The predicted molar refractivity (Wildman–Crippen MR) is 56.3 cm³/mol. The van der Waals surface area contributed by atoms with E-state index in [0.29, 0.717) is 12.4 Å². The first-order valence-electron chi connectivity index (χ1n) is 5.46. The lowest BCUT2D eigenvalue weighted by Crippen LogP contribution is -2.26. The van der Waals surface area contributed by atoms with Gasteiger partial charge in [-0.3, -0.25) is 0 Å². The van der Waals surface area contributed by atoms with Gasteiger partial charge in [-0.2, -0.15) is 0 Å². The standard InChI is InChI=1S/C10H18N4O/c1-14(2)7-9-12-13-10(15-9)8-5-3-4-6-11-8/h8,11H,3-7H2,1-2H3/t8-/m1/s1. The van der Waals surface area contributed by atoms with Gasteiger partial charge in [0.2, 0.25) is 11.8 Å². The summed E-state index contributed by atoms with van der Waals surface area (Å²) in [5, 5.41) is 11.5. The van der Waals surface area contributed by atoms with Crippen LogP contribution >= 0.6 is 0 Å². The molecule has 0 bridgehead atoms. The van der Waals surface area contributed by atoms with Crippen LogP contribution in [0.5, 0.6) is 0 Å². The number of hydrogen-bond acceptors (Lipinski definition) is 5. The minimum atomic E-state index is 0.266. The first kappa shape index (κ1) is 10.6. The molecule has 1 fully saturated rings. The molecular weight excluding hydrogens is 192 g/mol. The molecule has 0 aromatic carbocycles. The first-order chi connectivity index (χ1) is 7.25. The number of rotatable bonds is 3. The van der Waals surface area contributed by atoms with Crippen LogP contribution in [0.25, 0.3) is 0 Å². The maximum Gasteiger partial charge on any atom is 0.233 e. The van der Waals surface area contributed by atoms with E-state index in [1.54, 1.807) is 0 Å². The molecule has 1 aromatic heterocycles. The molecule has 1 aromatic rings. The van der Waals surface area contributed by atoms with Crippen molar-refractivity contribution in [1.82, 2.24) is 20.4 Å². The van der Waals surface area contributed by atoms with Crippen LogP contribution < -0.4 is 5.32 Å². The second kappa shape index (κ2) is 4.72. The second-order valence-electron chi connectivity index (χ2n) is 4.27. The van der Waals surface area contributed by atoms with E-state index in [9.17, 15) is 0 Å². The molecule has 1 N–H and O–H groups in total. The second-order valence-corrected chi connectivity index (χ2v) is 4.27. The molecule has 1 aliphatic heterocycles. The van der Waals surface area contributed by atoms with Gasteiger partial charge in [-0.25, -0.2) is 0 Å². The van der Waals surface area contributed by atoms with Gasteiger partial charge in [0.15, 0.2) is 0 Å². The van der Waals surface area contributed by atoms with Crippen LogP contribution in [0.15, 0.2) is 4.42 Å². The Balaban J connectivity index is 1.99. The van der Waals surface area contributed by atoms with Crippen LogP contribution in [-0.2, 0) is 6.54 Å². The molecule has 84 valence electrons. The van der Waals surface area contributed by atoms with E-state index in [0.717, 1.165) is 18.9 Å². The summed E-state index contributed by atoms with van der Waals surface area (Å²) in [4.78, 5) is 2.02. The fourth-order valence-electron chi connectivity index (χ4n) is 1.80. The van der Waals surface area contributed by atoms with Gasteiger partial charge in [-0.05, 0) is 33.5 Å². The third-order valence-corrected chi connectivity index (χ3v) is 2.54. The van der Waals surface area contributed by atoms with Crippen molar-refractivity contribution in [2.45, 2.75) is 31.8 Å². The number of hydrogen-bond donors (Lipinski definition) is 1. The molecule has 5 heteroatoms. The minimum absolute atomic E-state index is 0.266. The zero-order chi connectivity index (χ0) is 10.7. The summed E-state index contributed by atoms with van der Waals surface area (Å²) in [6.07, 6.45) is 3.59. The summed E-state index contributed by atoms with van der Waals surface area (Å²) in [5.74, 6) is 1.44. The van der Waals surface area contributed by atoms with Gasteiger partial charge in [0, 0.05) is 0 Å². The molecule has 5 nitrogen and oxygen atoms in total. The van der Waals surface area contributed by atoms with Crippen LogP contribution in [0.1, 0.15) is 37.1 Å². The summed E-state index contributed by atoms with van der Waals surface area (Å²) in [5.41, 5.74) is 0. The van der Waals surface area contributed by atoms with E-state index in [4.69, 9.17) is 4.42 Å². The largest absolute Gasteiger partial charge is 0.422 e. The van der Waals surface area contributed by atoms with Crippen molar-refractivity contribution in [1.29, 1.82) is 0 Å². The molecule has 2 heterocycles. The predicted octanol–water partition coefficient (Wildman–Crippen LogP) is 0.946. The van der Waals surface area contributed by atoms with E-state index in [1.165, 1.54) is 12.8 Å². The molecule has 0 aliphatic carbocycles. The lowest BCUT2D eigenvalue weighted by atomic mass is 10.1. The molecule has 1 saturated heterocycles. The zero-order valence-corrected chi connectivity index (χ0v) is 9.36. The van der Waals surface area contributed by atoms with Gasteiger partial charge in [0.05, 0.1) is 12.6 Å². The number of nitrogens with one attached hydrogen (secondary N) is 1. The van der Waals surface area contributed by atoms with E-state index < -0.39 is 0 Å². The molecular formula is C10H18N4O. The maximum atomic E-state index is 5.61. The highest BCUT2D eigenvalue weighted by atomic mass is 16.4. The SMILES string of the molecule is CN(C)Cc1nnc([C@H]2CCCCN2)o1. The average Bonchev–Trinajstić information content (AvgIpc) is 2.67. The first-order valence-corrected chi connectivity index (χ1v) is 5.46.